The zero-order valence-electron chi connectivity index (χ0n) is 27.0. The monoisotopic (exact) mass is 601 g/mol. The summed E-state index contributed by atoms with van der Waals surface area (Å²) in [4.78, 5) is 11.8. The van der Waals surface area contributed by atoms with Crippen LogP contribution in [-0.2, 0) is 35.6 Å². The topological polar surface area (TPSA) is 83.5 Å². The molecule has 0 saturated heterocycles. The summed E-state index contributed by atoms with van der Waals surface area (Å²) in [5.41, 5.74) is 4.52. The van der Waals surface area contributed by atoms with Crippen molar-refractivity contribution in [1.29, 1.82) is 0 Å². The Morgan fingerprint density at radius 1 is 0.778 bits per heavy atom. The molecule has 2 unspecified atom stereocenters. The number of aliphatic hydroxyl groups excluding tert-OH is 1. The van der Waals surface area contributed by atoms with Crippen molar-refractivity contribution in [3.05, 3.63) is 119 Å². The first kappa shape index (κ1) is 35.6. The summed E-state index contributed by atoms with van der Waals surface area (Å²) in [7, 11) is 0. The minimum Gasteiger partial charge on any atom is -1.00 e. The Morgan fingerprint density at radius 3 is 1.80 bits per heavy atom. The van der Waals surface area contributed by atoms with Crippen LogP contribution in [0, 0.1) is 0 Å². The summed E-state index contributed by atoms with van der Waals surface area (Å²) in [6, 6.07) is 31.8. The van der Waals surface area contributed by atoms with E-state index in [9.17, 15) is 9.90 Å². The molecular weight excluding hydrogens is 562 g/mol. The molecule has 45 heavy (non-hydrogen) atoms. The van der Waals surface area contributed by atoms with Gasteiger partial charge in [-0.2, -0.15) is 0 Å². The average molecular weight is 601 g/mol. The second-order valence-electron chi connectivity index (χ2n) is 10.4. The van der Waals surface area contributed by atoms with Crippen LogP contribution in [0.25, 0.3) is 0 Å². The van der Waals surface area contributed by atoms with Gasteiger partial charge >= 0.3 is 24.8 Å². The maximum Gasteiger partial charge on any atom is 1.00 e. The van der Waals surface area contributed by atoms with Gasteiger partial charge in [0.15, 0.2) is 6.10 Å². The third-order valence-corrected chi connectivity index (χ3v) is 7.30. The van der Waals surface area contributed by atoms with E-state index in [1.807, 2.05) is 97.1 Å². The number of esters is 1. The number of rotatable bonds is 9. The summed E-state index contributed by atoms with van der Waals surface area (Å²) < 4.78 is 28.2. The van der Waals surface area contributed by atoms with Gasteiger partial charge in [-0.25, -0.2) is 4.79 Å². The first-order valence-electron chi connectivity index (χ1n) is 14.8. The molecule has 0 saturated carbocycles. The Labute approximate surface area is 281 Å². The van der Waals surface area contributed by atoms with Gasteiger partial charge in [0.05, 0.1) is 13.2 Å². The number of carbonyl (C=O) groups is 1. The van der Waals surface area contributed by atoms with Crippen molar-refractivity contribution in [1.82, 2.24) is 0 Å². The average Bonchev–Trinajstić information content (AvgIpc) is 3.07. The Balaban J connectivity index is 0.000000303. The summed E-state index contributed by atoms with van der Waals surface area (Å²) in [5.74, 6) is 2.78. The second kappa shape index (κ2) is 18.2. The predicted molar refractivity (Wildman–Crippen MR) is 170 cm³/mol. The molecule has 9 heteroatoms. The second-order valence-corrected chi connectivity index (χ2v) is 10.4. The van der Waals surface area contributed by atoms with Gasteiger partial charge in [-0.15, -0.1) is 0 Å². The first-order chi connectivity index (χ1) is 21.1. The number of hydrogen-bond acceptors (Lipinski definition) is 7. The van der Waals surface area contributed by atoms with Crippen LogP contribution in [0.5, 0.6) is 23.0 Å². The summed E-state index contributed by atoms with van der Waals surface area (Å²) >= 11 is 0. The molecule has 2 atom stereocenters. The quantitative estimate of drug-likeness (QED) is 0.233. The molecule has 0 aromatic heterocycles. The fourth-order valence-electron chi connectivity index (χ4n) is 4.95. The largest absolute Gasteiger partial charge is 1.00 e. The Hall–Kier alpha value is -3.83. The third kappa shape index (κ3) is 10.4. The van der Waals surface area contributed by atoms with Crippen molar-refractivity contribution < 1.29 is 53.9 Å². The van der Waals surface area contributed by atoms with E-state index in [1.54, 1.807) is 6.92 Å². The standard InChI is InChI=1S/C19H20O4.C17H18O3.B.Li.H/c1-2-21-19(20)17-11-9-15-8-10-16(12-18(15)23-17)22-13-14-6-4-3-5-7-14;18-11-16-9-7-14-6-8-15(10-17(14)20-16)19-12-13-4-2-1-3-5-13;;;/h3-8,10,12,17H,2,9,11,13H2,1H3;1-6,8,10,16,18H,7,9,11-12H2;;;/q;;;+1;-1. The van der Waals surface area contributed by atoms with Gasteiger partial charge in [0.1, 0.15) is 42.3 Å². The molecule has 1 N–H and O–H groups in total. The first-order valence-corrected chi connectivity index (χ1v) is 14.8. The fraction of sp³-hybridized carbons (Fsp3) is 0.306. The van der Waals surface area contributed by atoms with Crippen LogP contribution in [-0.4, -0.2) is 44.9 Å². The van der Waals surface area contributed by atoms with E-state index in [2.05, 4.69) is 0 Å². The fourth-order valence-corrected chi connectivity index (χ4v) is 4.95. The maximum absolute atomic E-state index is 11.8. The summed E-state index contributed by atoms with van der Waals surface area (Å²) in [6.07, 6.45) is 2.65. The zero-order chi connectivity index (χ0) is 29.9. The predicted octanol–water partition coefficient (Wildman–Crippen LogP) is 3.21. The molecule has 4 aromatic carbocycles. The van der Waals surface area contributed by atoms with E-state index in [0.717, 1.165) is 53.2 Å². The SMILES string of the molecule is CCOC(=O)C1CCc2ccc(OCc3ccccc3)cc2O1.OCC1CCc2ccc(OCc3ccccc3)cc2O1.[B].[H-].[Li+]. The van der Waals surface area contributed by atoms with Crippen molar-refractivity contribution in [3.8, 4) is 23.0 Å². The molecule has 2 aliphatic rings. The molecule has 2 aliphatic heterocycles. The van der Waals surface area contributed by atoms with Gasteiger partial charge in [-0.05, 0) is 67.0 Å². The van der Waals surface area contributed by atoms with Crippen LogP contribution < -0.4 is 37.8 Å². The van der Waals surface area contributed by atoms with E-state index in [4.69, 9.17) is 23.7 Å². The van der Waals surface area contributed by atoms with E-state index in [-0.39, 0.29) is 47.4 Å². The minimum absolute atomic E-state index is 0. The number of benzene rings is 4. The van der Waals surface area contributed by atoms with E-state index in [0.29, 0.717) is 32.0 Å². The molecule has 0 spiro atoms. The van der Waals surface area contributed by atoms with E-state index < -0.39 is 6.10 Å². The smallest absolute Gasteiger partial charge is 1.00 e. The van der Waals surface area contributed by atoms with Crippen LogP contribution in [0.15, 0.2) is 97.1 Å². The van der Waals surface area contributed by atoms with Crippen LogP contribution in [0.2, 0.25) is 0 Å². The molecule has 0 aliphatic carbocycles. The summed E-state index contributed by atoms with van der Waals surface area (Å²) in [6.45, 7) is 3.27. The van der Waals surface area contributed by atoms with Crippen molar-refractivity contribution in [3.63, 3.8) is 0 Å². The number of hydrogen-bond donors (Lipinski definition) is 1. The Bertz CT molecular complexity index is 1480. The molecule has 0 bridgehead atoms. The Morgan fingerprint density at radius 2 is 1.29 bits per heavy atom. The molecule has 0 amide bonds. The van der Waals surface area contributed by atoms with Crippen LogP contribution >= 0.6 is 0 Å². The van der Waals surface area contributed by atoms with Crippen molar-refractivity contribution in [2.75, 3.05) is 13.2 Å². The van der Waals surface area contributed by atoms with Crippen LogP contribution in [0.1, 0.15) is 43.4 Å². The molecule has 4 aromatic rings. The molecule has 3 radical (unpaired) electrons. The Kier molecular flexibility index (Phi) is 14.4. The number of aryl methyl sites for hydroxylation is 2. The van der Waals surface area contributed by atoms with Gasteiger partial charge in [-0.3, -0.25) is 0 Å². The van der Waals surface area contributed by atoms with Gasteiger partial charge in [0.25, 0.3) is 0 Å². The van der Waals surface area contributed by atoms with Crippen molar-refractivity contribution >= 4 is 14.4 Å². The maximum atomic E-state index is 11.8. The van der Waals surface area contributed by atoms with Crippen LogP contribution in [0.3, 0.4) is 0 Å². The number of ether oxygens (including phenoxy) is 5. The molecule has 6 rings (SSSR count). The van der Waals surface area contributed by atoms with Gasteiger partial charge in [-0.1, -0.05) is 72.8 Å². The normalized spacial score (nSPS) is 15.9. The molecule has 2 heterocycles. The zero-order valence-corrected chi connectivity index (χ0v) is 26.0. The molecule has 229 valence electrons. The van der Waals surface area contributed by atoms with Crippen molar-refractivity contribution in [2.24, 2.45) is 0 Å². The number of carbonyl (C=O) groups excluding carboxylic acids is 1. The molecule has 0 fully saturated rings. The summed E-state index contributed by atoms with van der Waals surface area (Å²) in [5, 5.41) is 9.18. The number of fused-ring (bicyclic) bond motifs is 2. The molecular formula is C36H39BLiO7. The van der Waals surface area contributed by atoms with Gasteiger partial charge in [0.2, 0.25) is 0 Å². The number of aliphatic hydroxyl groups is 1. The minimum atomic E-state index is -0.521. The van der Waals surface area contributed by atoms with E-state index in [1.165, 1.54) is 5.56 Å². The van der Waals surface area contributed by atoms with Crippen molar-refractivity contribution in [2.45, 2.75) is 58.0 Å². The van der Waals surface area contributed by atoms with Gasteiger partial charge < -0.3 is 30.2 Å². The third-order valence-electron chi connectivity index (χ3n) is 7.30. The molecule has 7 nitrogen and oxygen atoms in total. The van der Waals surface area contributed by atoms with Crippen LogP contribution in [0.4, 0.5) is 0 Å². The van der Waals surface area contributed by atoms with E-state index >= 15 is 0 Å². The van der Waals surface area contributed by atoms with Gasteiger partial charge in [0, 0.05) is 20.5 Å².